The van der Waals surface area contributed by atoms with Gasteiger partial charge in [-0.1, -0.05) is 60.7 Å². The minimum atomic E-state index is -0.351. The lowest BCUT2D eigenvalue weighted by molar-refractivity contribution is -0.134. The maximum atomic E-state index is 11.4. The molecule has 1 atom stereocenters. The van der Waals surface area contributed by atoms with Crippen LogP contribution in [0.5, 0.6) is 11.8 Å². The highest BCUT2D eigenvalue weighted by Crippen LogP contribution is 2.36. The molecule has 0 bridgehead atoms. The van der Waals surface area contributed by atoms with Crippen molar-refractivity contribution in [3.63, 3.8) is 0 Å². The minimum absolute atomic E-state index is 0.192. The molecule has 0 radical (unpaired) electrons. The third kappa shape index (κ3) is 13.6. The third-order valence-electron chi connectivity index (χ3n) is 10.9. The van der Waals surface area contributed by atoms with Gasteiger partial charge < -0.3 is 18.8 Å². The van der Waals surface area contributed by atoms with Crippen LogP contribution in [0.25, 0.3) is 11.3 Å². The normalized spacial score (nSPS) is 15.8. The maximum absolute atomic E-state index is 11.4. The van der Waals surface area contributed by atoms with Crippen LogP contribution >= 0.6 is 15.9 Å². The zero-order valence-corrected chi connectivity index (χ0v) is 40.5. The Morgan fingerprint density at radius 3 is 1.74 bits per heavy atom. The van der Waals surface area contributed by atoms with Crippen molar-refractivity contribution in [1.29, 1.82) is 0 Å². The second kappa shape index (κ2) is 22.2. The number of imide groups is 1. The Hall–Kier alpha value is -6.43. The van der Waals surface area contributed by atoms with Gasteiger partial charge in [-0.05, 0) is 117 Å². The standard InChI is InChI=1S/C17H17N3O.C13H12BrNO.C10H17BN2O2.C9H11N3O2/c1-13-8-9-15(16-10-11-20(2)19-16)17(18-13)21-12-14-6-4-3-5-7-14;1-10-7-8-12(14)13(15-10)16-9-11-5-3-2-4-6-11;1-9(2)10(3,4)15-11(14-9)8-6-7-13(5)12-8;1-12-5-4-7(11-12)6-2-3-8(13)10-9(6)14/h3-11H,12H2,1-2H3;2-8H,9H2,1H3;6-7H,1-5H3;4-6H,2-3H2,1H3,(H,10,13,14). The minimum Gasteiger partial charge on any atom is -0.472 e. The van der Waals surface area contributed by atoms with Gasteiger partial charge in [0, 0.05) is 57.5 Å². The highest BCUT2D eigenvalue weighted by Gasteiger charge is 2.52. The van der Waals surface area contributed by atoms with Gasteiger partial charge in [-0.3, -0.25) is 29.0 Å². The molecular formula is C49H57BBrN9O6. The first-order chi connectivity index (χ1) is 31.5. The summed E-state index contributed by atoms with van der Waals surface area (Å²) < 4.78 is 29.3. The summed E-state index contributed by atoms with van der Waals surface area (Å²) in [5.74, 6) is 0.567. The van der Waals surface area contributed by atoms with Gasteiger partial charge in [0.1, 0.15) is 13.2 Å². The van der Waals surface area contributed by atoms with Crippen molar-refractivity contribution < 1.29 is 28.4 Å². The molecule has 2 aromatic carbocycles. The number of carbonyl (C=O) groups is 2. The molecule has 9 rings (SSSR count). The monoisotopic (exact) mass is 957 g/mol. The predicted molar refractivity (Wildman–Crippen MR) is 257 cm³/mol. The first-order valence-corrected chi connectivity index (χ1v) is 22.4. The topological polar surface area (TPSA) is 162 Å². The SMILES string of the molecule is Cc1ccc(-c2ccn(C)n2)c(OCc2ccccc2)n1.Cc1ccc(Br)c(OCc2ccccc2)n1.Cn1ccc(B2OC(C)(C)C(C)(C)O2)n1.Cn1ccc(C2CCC(=O)NC2=O)n1. The average molecular weight is 959 g/mol. The molecule has 2 fully saturated rings. The first-order valence-electron chi connectivity index (χ1n) is 21.6. The van der Waals surface area contributed by atoms with Crippen molar-refractivity contribution in [3.05, 3.63) is 154 Å². The maximum Gasteiger partial charge on any atom is 0.516 e. The number of benzene rings is 2. The third-order valence-corrected chi connectivity index (χ3v) is 11.5. The van der Waals surface area contributed by atoms with Gasteiger partial charge in [-0.15, -0.1) is 0 Å². The van der Waals surface area contributed by atoms with Crippen LogP contribution in [0.1, 0.15) is 74.7 Å². The van der Waals surface area contributed by atoms with Crippen LogP contribution in [0.4, 0.5) is 0 Å². The van der Waals surface area contributed by atoms with E-state index in [1.807, 2.05) is 165 Å². The molecule has 2 aliphatic rings. The van der Waals surface area contributed by atoms with E-state index in [9.17, 15) is 9.59 Å². The number of piperidine rings is 1. The number of hydrogen-bond donors (Lipinski definition) is 1. The Morgan fingerprint density at radius 1 is 0.682 bits per heavy atom. The molecule has 7 aromatic rings. The Morgan fingerprint density at radius 2 is 1.21 bits per heavy atom. The lowest BCUT2D eigenvalue weighted by Gasteiger charge is -2.32. The van der Waals surface area contributed by atoms with E-state index in [1.165, 1.54) is 0 Å². The smallest absolute Gasteiger partial charge is 0.472 e. The van der Waals surface area contributed by atoms with Crippen LogP contribution in [0, 0.1) is 13.8 Å². The van der Waals surface area contributed by atoms with E-state index in [4.69, 9.17) is 18.8 Å². The quantitative estimate of drug-likeness (QED) is 0.111. The molecule has 2 amide bonds. The molecule has 1 N–H and O–H groups in total. The van der Waals surface area contributed by atoms with Crippen molar-refractivity contribution in [1.82, 2.24) is 44.6 Å². The number of halogens is 1. The molecule has 344 valence electrons. The highest BCUT2D eigenvalue weighted by atomic mass is 79.9. The van der Waals surface area contributed by atoms with Gasteiger partial charge in [-0.25, -0.2) is 9.97 Å². The molecule has 1 unspecified atom stereocenters. The largest absolute Gasteiger partial charge is 0.516 e. The van der Waals surface area contributed by atoms with E-state index in [-0.39, 0.29) is 36.1 Å². The van der Waals surface area contributed by atoms with E-state index in [1.54, 1.807) is 33.4 Å². The summed E-state index contributed by atoms with van der Waals surface area (Å²) in [6.07, 6.45) is 6.55. The second-order valence-electron chi connectivity index (χ2n) is 16.9. The fourth-order valence-electron chi connectivity index (χ4n) is 6.58. The Bertz CT molecular complexity index is 2670. The van der Waals surface area contributed by atoms with Gasteiger partial charge in [0.2, 0.25) is 23.6 Å². The molecule has 7 heterocycles. The molecule has 15 nitrogen and oxygen atoms in total. The number of aromatic nitrogens is 8. The van der Waals surface area contributed by atoms with Crippen molar-refractivity contribution in [3.8, 4) is 23.0 Å². The number of rotatable bonds is 9. The summed E-state index contributed by atoms with van der Waals surface area (Å²) in [4.78, 5) is 31.2. The summed E-state index contributed by atoms with van der Waals surface area (Å²) in [6.45, 7) is 13.1. The van der Waals surface area contributed by atoms with Crippen LogP contribution in [-0.2, 0) is 53.3 Å². The zero-order chi connectivity index (χ0) is 47.4. The van der Waals surface area contributed by atoms with E-state index >= 15 is 0 Å². The highest BCUT2D eigenvalue weighted by molar-refractivity contribution is 9.10. The van der Waals surface area contributed by atoms with Crippen LogP contribution in [0.3, 0.4) is 0 Å². The summed E-state index contributed by atoms with van der Waals surface area (Å²) in [5, 5.41) is 15.2. The fraction of sp³-hybridized carbons (Fsp3) is 0.327. The van der Waals surface area contributed by atoms with Gasteiger partial charge in [-0.2, -0.15) is 15.3 Å². The van der Waals surface area contributed by atoms with E-state index in [0.717, 1.165) is 49.5 Å². The van der Waals surface area contributed by atoms with Crippen LogP contribution in [0.15, 0.2) is 126 Å². The fourth-order valence-corrected chi connectivity index (χ4v) is 6.92. The number of hydrogen-bond acceptors (Lipinski definition) is 11. The Balaban J connectivity index is 0.000000147. The summed E-state index contributed by atoms with van der Waals surface area (Å²) >= 11 is 3.42. The van der Waals surface area contributed by atoms with Crippen LogP contribution < -0.4 is 20.4 Å². The zero-order valence-electron chi connectivity index (χ0n) is 38.9. The molecule has 2 aliphatic heterocycles. The number of nitrogens with zero attached hydrogens (tertiary/aromatic N) is 8. The summed E-state index contributed by atoms with van der Waals surface area (Å²) in [6, 6.07) is 33.7. The molecule has 2 saturated heterocycles. The lowest BCUT2D eigenvalue weighted by atomic mass is 9.85. The molecular weight excluding hydrogens is 901 g/mol. The Labute approximate surface area is 395 Å². The van der Waals surface area contributed by atoms with Crippen molar-refractivity contribution in [2.24, 2.45) is 21.1 Å². The number of carbonyl (C=O) groups excluding carboxylic acids is 2. The Kier molecular flexibility index (Phi) is 16.5. The van der Waals surface area contributed by atoms with Gasteiger partial charge >= 0.3 is 7.12 Å². The molecule has 0 saturated carbocycles. The van der Waals surface area contributed by atoms with Gasteiger partial charge in [0.05, 0.1) is 44.1 Å². The molecule has 17 heteroatoms. The number of amides is 2. The molecule has 5 aromatic heterocycles. The average Bonchev–Trinajstić information content (AvgIpc) is 4.08. The number of aryl methyl sites for hydroxylation is 5. The number of pyridine rings is 2. The molecule has 66 heavy (non-hydrogen) atoms. The summed E-state index contributed by atoms with van der Waals surface area (Å²) in [5.41, 5.74) is 6.89. The van der Waals surface area contributed by atoms with Crippen molar-refractivity contribution in [2.45, 2.75) is 84.7 Å². The van der Waals surface area contributed by atoms with E-state index in [2.05, 4.69) is 46.5 Å². The van der Waals surface area contributed by atoms with E-state index < -0.39 is 0 Å². The lowest BCUT2D eigenvalue weighted by Crippen LogP contribution is -2.41. The summed E-state index contributed by atoms with van der Waals surface area (Å²) in [7, 11) is 5.23. The van der Waals surface area contributed by atoms with Crippen LogP contribution in [0.2, 0.25) is 0 Å². The number of nitrogens with one attached hydrogen (secondary N) is 1. The first kappa shape index (κ1) is 49.0. The van der Waals surface area contributed by atoms with Gasteiger partial charge in [0.25, 0.3) is 0 Å². The van der Waals surface area contributed by atoms with Crippen molar-refractivity contribution in [2.75, 3.05) is 0 Å². The van der Waals surface area contributed by atoms with Gasteiger partial charge in [0.15, 0.2) is 0 Å². The van der Waals surface area contributed by atoms with Crippen molar-refractivity contribution >= 4 is 40.5 Å². The van der Waals surface area contributed by atoms with E-state index in [0.29, 0.717) is 37.8 Å². The number of ether oxygens (including phenoxy) is 2. The molecule has 0 aliphatic carbocycles. The molecule has 0 spiro atoms. The van der Waals surface area contributed by atoms with Crippen LogP contribution in [-0.4, -0.2) is 69.4 Å². The predicted octanol–water partition coefficient (Wildman–Crippen LogP) is 7.76. The second-order valence-corrected chi connectivity index (χ2v) is 17.7.